The van der Waals surface area contributed by atoms with E-state index >= 15 is 0 Å². The average Bonchev–Trinajstić information content (AvgIpc) is 2.60. The zero-order valence-electron chi connectivity index (χ0n) is 13.7. The van der Waals surface area contributed by atoms with Crippen LogP contribution in [0.25, 0.3) is 0 Å². The van der Waals surface area contributed by atoms with Crippen LogP contribution in [0.5, 0.6) is 0 Å². The number of amides is 1. The first kappa shape index (κ1) is 17.0. The first-order valence-corrected chi connectivity index (χ1v) is 7.88. The highest BCUT2D eigenvalue weighted by Crippen LogP contribution is 2.11. The highest BCUT2D eigenvalue weighted by molar-refractivity contribution is 5.80. The third-order valence-electron chi connectivity index (χ3n) is 3.83. The summed E-state index contributed by atoms with van der Waals surface area (Å²) in [7, 11) is 1.81. The van der Waals surface area contributed by atoms with Crippen LogP contribution in [0.4, 0.5) is 5.69 Å². The Morgan fingerprint density at radius 1 is 1.09 bits per heavy atom. The molecule has 0 aliphatic rings. The SMILES string of the molecule is CCc1ccc(CN(C)C(=O)CNc2cccc(CO)c2)cc1. The van der Waals surface area contributed by atoms with Crippen molar-refractivity contribution in [2.24, 2.45) is 0 Å². The monoisotopic (exact) mass is 312 g/mol. The first-order valence-electron chi connectivity index (χ1n) is 7.88. The van der Waals surface area contributed by atoms with Crippen LogP contribution < -0.4 is 5.32 Å². The number of nitrogens with zero attached hydrogens (tertiary/aromatic N) is 1. The van der Waals surface area contributed by atoms with Crippen molar-refractivity contribution < 1.29 is 9.90 Å². The molecule has 0 unspecified atom stereocenters. The van der Waals surface area contributed by atoms with E-state index in [9.17, 15) is 4.79 Å². The largest absolute Gasteiger partial charge is 0.392 e. The third-order valence-corrected chi connectivity index (χ3v) is 3.83. The van der Waals surface area contributed by atoms with E-state index in [2.05, 4.69) is 36.5 Å². The average molecular weight is 312 g/mol. The van der Waals surface area contributed by atoms with E-state index in [4.69, 9.17) is 5.11 Å². The fourth-order valence-corrected chi connectivity index (χ4v) is 2.33. The lowest BCUT2D eigenvalue weighted by molar-refractivity contribution is -0.128. The minimum Gasteiger partial charge on any atom is -0.392 e. The molecular weight excluding hydrogens is 288 g/mol. The number of hydrogen-bond donors (Lipinski definition) is 2. The molecule has 4 nitrogen and oxygen atoms in total. The van der Waals surface area contributed by atoms with Crippen LogP contribution in [0, 0.1) is 0 Å². The summed E-state index contributed by atoms with van der Waals surface area (Å²) in [4.78, 5) is 13.9. The van der Waals surface area contributed by atoms with Gasteiger partial charge >= 0.3 is 0 Å². The Balaban J connectivity index is 1.86. The summed E-state index contributed by atoms with van der Waals surface area (Å²) in [5.74, 6) is 0.0268. The van der Waals surface area contributed by atoms with Crippen molar-refractivity contribution in [2.45, 2.75) is 26.5 Å². The number of aliphatic hydroxyl groups is 1. The second-order valence-electron chi connectivity index (χ2n) is 5.63. The summed E-state index contributed by atoms with van der Waals surface area (Å²) in [6, 6.07) is 15.8. The summed E-state index contributed by atoms with van der Waals surface area (Å²) < 4.78 is 0. The van der Waals surface area contributed by atoms with E-state index < -0.39 is 0 Å². The van der Waals surface area contributed by atoms with Crippen LogP contribution in [0.2, 0.25) is 0 Å². The molecule has 0 atom stereocenters. The normalized spacial score (nSPS) is 10.4. The van der Waals surface area contributed by atoms with Crippen molar-refractivity contribution in [3.63, 3.8) is 0 Å². The highest BCUT2D eigenvalue weighted by atomic mass is 16.3. The molecule has 23 heavy (non-hydrogen) atoms. The van der Waals surface area contributed by atoms with Crippen molar-refractivity contribution in [3.8, 4) is 0 Å². The van der Waals surface area contributed by atoms with Gasteiger partial charge in [0.15, 0.2) is 0 Å². The minimum absolute atomic E-state index is 0.00285. The molecule has 0 saturated carbocycles. The van der Waals surface area contributed by atoms with E-state index in [-0.39, 0.29) is 19.1 Å². The molecule has 0 spiro atoms. The second kappa shape index (κ2) is 8.34. The van der Waals surface area contributed by atoms with Gasteiger partial charge in [0.05, 0.1) is 13.2 Å². The van der Waals surface area contributed by atoms with E-state index in [0.717, 1.165) is 23.2 Å². The zero-order valence-corrected chi connectivity index (χ0v) is 13.7. The Morgan fingerprint density at radius 2 is 1.78 bits per heavy atom. The number of carbonyl (C=O) groups excluding carboxylic acids is 1. The molecule has 0 aliphatic heterocycles. The number of hydrogen-bond acceptors (Lipinski definition) is 3. The molecule has 2 aromatic rings. The molecule has 2 N–H and O–H groups in total. The molecule has 0 aromatic heterocycles. The molecule has 122 valence electrons. The van der Waals surface area contributed by atoms with Crippen molar-refractivity contribution in [1.82, 2.24) is 4.90 Å². The van der Waals surface area contributed by atoms with Crippen molar-refractivity contribution in [2.75, 3.05) is 18.9 Å². The van der Waals surface area contributed by atoms with E-state index in [0.29, 0.717) is 6.54 Å². The maximum absolute atomic E-state index is 12.2. The predicted molar refractivity (Wildman–Crippen MR) is 93.1 cm³/mol. The van der Waals surface area contributed by atoms with E-state index in [1.807, 2.05) is 31.3 Å². The summed E-state index contributed by atoms with van der Waals surface area (Å²) in [5, 5.41) is 12.2. The molecule has 2 rings (SSSR count). The molecule has 0 saturated heterocycles. The number of aryl methyl sites for hydroxylation is 1. The van der Waals surface area contributed by atoms with Crippen LogP contribution >= 0.6 is 0 Å². The summed E-state index contributed by atoms with van der Waals surface area (Å²) in [6.07, 6.45) is 1.02. The van der Waals surface area contributed by atoms with Gasteiger partial charge in [-0.15, -0.1) is 0 Å². The van der Waals surface area contributed by atoms with Gasteiger partial charge in [-0.1, -0.05) is 43.3 Å². The van der Waals surface area contributed by atoms with Gasteiger partial charge in [0.25, 0.3) is 0 Å². The van der Waals surface area contributed by atoms with Gasteiger partial charge in [0.1, 0.15) is 0 Å². The van der Waals surface area contributed by atoms with Gasteiger partial charge < -0.3 is 15.3 Å². The molecule has 4 heteroatoms. The van der Waals surface area contributed by atoms with Crippen LogP contribution in [0.3, 0.4) is 0 Å². The number of carbonyl (C=O) groups is 1. The minimum atomic E-state index is -0.00285. The van der Waals surface area contributed by atoms with Crippen LogP contribution in [0.1, 0.15) is 23.6 Å². The van der Waals surface area contributed by atoms with Crippen LogP contribution in [0.15, 0.2) is 48.5 Å². The van der Waals surface area contributed by atoms with Gasteiger partial charge in [-0.05, 0) is 35.2 Å². The fourth-order valence-electron chi connectivity index (χ4n) is 2.33. The third kappa shape index (κ3) is 5.11. The lowest BCUT2D eigenvalue weighted by Gasteiger charge is -2.18. The van der Waals surface area contributed by atoms with Gasteiger partial charge in [-0.3, -0.25) is 4.79 Å². The van der Waals surface area contributed by atoms with E-state index in [1.54, 1.807) is 4.90 Å². The Labute approximate surface area is 137 Å². The fraction of sp³-hybridized carbons (Fsp3) is 0.316. The maximum atomic E-state index is 12.2. The number of anilines is 1. The Morgan fingerprint density at radius 3 is 2.43 bits per heavy atom. The van der Waals surface area contributed by atoms with Crippen LogP contribution in [-0.2, 0) is 24.4 Å². The van der Waals surface area contributed by atoms with Crippen molar-refractivity contribution in [1.29, 1.82) is 0 Å². The number of aliphatic hydroxyl groups excluding tert-OH is 1. The standard InChI is InChI=1S/C19H24N2O2/c1-3-15-7-9-16(10-8-15)13-21(2)19(23)12-20-18-6-4-5-17(11-18)14-22/h4-11,20,22H,3,12-14H2,1-2H3. The molecule has 0 fully saturated rings. The molecule has 1 amide bonds. The molecule has 0 heterocycles. The number of likely N-dealkylation sites (N-methyl/N-ethyl adjacent to an activating group) is 1. The van der Waals surface area contributed by atoms with Gasteiger partial charge in [-0.25, -0.2) is 0 Å². The summed E-state index contributed by atoms with van der Waals surface area (Å²) in [5.41, 5.74) is 4.09. The molecule has 0 radical (unpaired) electrons. The highest BCUT2D eigenvalue weighted by Gasteiger charge is 2.09. The first-order chi connectivity index (χ1) is 11.1. The number of benzene rings is 2. The lowest BCUT2D eigenvalue weighted by Crippen LogP contribution is -2.31. The zero-order chi connectivity index (χ0) is 16.7. The van der Waals surface area contributed by atoms with Gasteiger partial charge in [-0.2, -0.15) is 0 Å². The van der Waals surface area contributed by atoms with Gasteiger partial charge in [0, 0.05) is 19.3 Å². The number of rotatable bonds is 7. The molecule has 2 aromatic carbocycles. The summed E-state index contributed by atoms with van der Waals surface area (Å²) >= 11 is 0. The Bertz CT molecular complexity index is 638. The van der Waals surface area contributed by atoms with Crippen molar-refractivity contribution >= 4 is 11.6 Å². The Hall–Kier alpha value is -2.33. The maximum Gasteiger partial charge on any atom is 0.241 e. The Kier molecular flexibility index (Phi) is 6.18. The van der Waals surface area contributed by atoms with Gasteiger partial charge in [0.2, 0.25) is 5.91 Å². The van der Waals surface area contributed by atoms with Crippen LogP contribution in [-0.4, -0.2) is 29.5 Å². The van der Waals surface area contributed by atoms with E-state index in [1.165, 1.54) is 5.56 Å². The lowest BCUT2D eigenvalue weighted by atomic mass is 10.1. The summed E-state index contributed by atoms with van der Waals surface area (Å²) in [6.45, 7) is 2.96. The molecule has 0 aliphatic carbocycles. The molecular formula is C19H24N2O2. The van der Waals surface area contributed by atoms with Crippen molar-refractivity contribution in [3.05, 3.63) is 65.2 Å². The second-order valence-corrected chi connectivity index (χ2v) is 5.63. The predicted octanol–water partition coefficient (Wildman–Crippen LogP) is 2.81. The molecule has 0 bridgehead atoms. The topological polar surface area (TPSA) is 52.6 Å². The quantitative estimate of drug-likeness (QED) is 0.826. The smallest absolute Gasteiger partial charge is 0.241 e. The number of nitrogens with one attached hydrogen (secondary N) is 1.